The summed E-state index contributed by atoms with van der Waals surface area (Å²) < 4.78 is 0. The minimum absolute atomic E-state index is 0.0318. The second-order valence-corrected chi connectivity index (χ2v) is 5.28. The van der Waals surface area contributed by atoms with Crippen molar-refractivity contribution in [3.63, 3.8) is 0 Å². The van der Waals surface area contributed by atoms with Crippen LogP contribution in [0.15, 0.2) is 24.3 Å². The van der Waals surface area contributed by atoms with E-state index in [-0.39, 0.29) is 12.8 Å². The molecule has 0 bridgehead atoms. The third-order valence-corrected chi connectivity index (χ3v) is 3.27. The Morgan fingerprint density at radius 1 is 0.920 bits per heavy atom. The number of anilines is 1. The first-order valence-corrected chi connectivity index (χ1v) is 7.28. The molecule has 2 atom stereocenters. The van der Waals surface area contributed by atoms with E-state index >= 15 is 0 Å². The molecule has 0 heterocycles. The van der Waals surface area contributed by atoms with E-state index in [1.165, 1.54) is 0 Å². The Balaban J connectivity index is 2.68. The normalized spacial score (nSPS) is 12.6. The first kappa shape index (κ1) is 19.7. The number of carbonyl (C=O) groups excluding carboxylic acids is 1. The Morgan fingerprint density at radius 2 is 1.44 bits per heavy atom. The predicted octanol–water partition coefficient (Wildman–Crippen LogP) is -0.118. The van der Waals surface area contributed by atoms with Gasteiger partial charge in [0, 0.05) is 18.5 Å². The molecule has 10 heteroatoms. The van der Waals surface area contributed by atoms with Gasteiger partial charge in [-0.2, -0.15) is 0 Å². The van der Waals surface area contributed by atoms with Crippen molar-refractivity contribution in [2.24, 2.45) is 0 Å². The Morgan fingerprint density at radius 3 is 1.92 bits per heavy atom. The topological polar surface area (TPSA) is 179 Å². The van der Waals surface area contributed by atoms with Crippen molar-refractivity contribution in [2.75, 3.05) is 5.73 Å². The van der Waals surface area contributed by atoms with Gasteiger partial charge in [0.25, 0.3) is 0 Å². The number of rotatable bonds is 9. The maximum absolute atomic E-state index is 11.8. The summed E-state index contributed by atoms with van der Waals surface area (Å²) in [4.78, 5) is 44.7. The standard InChI is InChI=1S/C15H19N3O7/c16-9-3-1-8(2-4-9)7-11(14(23)24)18-15(25)17-10(13(21)22)5-6-12(19)20/h1-4,10-11H,5-7,16H2,(H,19,20)(H,21,22)(H,23,24)(H2,17,18,25)/t10-,11?/m0/s1. The SMILES string of the molecule is Nc1ccc(CC(NC(=O)N[C@@H](CCC(=O)O)C(=O)O)C(=O)O)cc1. The average molecular weight is 353 g/mol. The molecule has 1 aromatic carbocycles. The van der Waals surface area contributed by atoms with E-state index in [9.17, 15) is 24.3 Å². The zero-order chi connectivity index (χ0) is 19.0. The van der Waals surface area contributed by atoms with E-state index in [1.807, 2.05) is 0 Å². The molecule has 0 aromatic heterocycles. The first-order chi connectivity index (χ1) is 11.7. The first-order valence-electron chi connectivity index (χ1n) is 7.28. The lowest BCUT2D eigenvalue weighted by Gasteiger charge is -2.18. The largest absolute Gasteiger partial charge is 0.481 e. The molecule has 2 amide bonds. The lowest BCUT2D eigenvalue weighted by molar-refractivity contribution is -0.140. The van der Waals surface area contributed by atoms with Crippen molar-refractivity contribution in [3.8, 4) is 0 Å². The van der Waals surface area contributed by atoms with Gasteiger partial charge in [-0.15, -0.1) is 0 Å². The van der Waals surface area contributed by atoms with Gasteiger partial charge in [0.15, 0.2) is 0 Å². The van der Waals surface area contributed by atoms with Gasteiger partial charge in [-0.05, 0) is 24.1 Å². The number of hydrogen-bond donors (Lipinski definition) is 6. The highest BCUT2D eigenvalue weighted by molar-refractivity contribution is 5.86. The number of nitrogens with one attached hydrogen (secondary N) is 2. The van der Waals surface area contributed by atoms with E-state index in [2.05, 4.69) is 10.6 Å². The summed E-state index contributed by atoms with van der Waals surface area (Å²) in [5.74, 6) is -3.92. The van der Waals surface area contributed by atoms with Gasteiger partial charge in [0.05, 0.1) is 0 Å². The molecule has 1 rings (SSSR count). The van der Waals surface area contributed by atoms with Gasteiger partial charge >= 0.3 is 23.9 Å². The summed E-state index contributed by atoms with van der Waals surface area (Å²) in [7, 11) is 0. The molecule has 0 saturated carbocycles. The van der Waals surface area contributed by atoms with Crippen molar-refractivity contribution in [1.82, 2.24) is 10.6 Å². The van der Waals surface area contributed by atoms with Crippen molar-refractivity contribution < 1.29 is 34.5 Å². The molecule has 0 aliphatic heterocycles. The van der Waals surface area contributed by atoms with Crippen LogP contribution in [0.3, 0.4) is 0 Å². The molecule has 0 aliphatic carbocycles. The second-order valence-electron chi connectivity index (χ2n) is 5.28. The number of carbonyl (C=O) groups is 4. The van der Waals surface area contributed by atoms with Gasteiger partial charge in [0.2, 0.25) is 0 Å². The van der Waals surface area contributed by atoms with E-state index in [0.29, 0.717) is 11.3 Å². The molecule has 0 aliphatic rings. The van der Waals surface area contributed by atoms with Gasteiger partial charge in [-0.25, -0.2) is 14.4 Å². The average Bonchev–Trinajstić information content (AvgIpc) is 2.52. The Kier molecular flexibility index (Phi) is 7.19. The van der Waals surface area contributed by atoms with Crippen molar-refractivity contribution >= 4 is 29.6 Å². The quantitative estimate of drug-likeness (QED) is 0.332. The van der Waals surface area contributed by atoms with Crippen LogP contribution in [0, 0.1) is 0 Å². The van der Waals surface area contributed by atoms with Crippen LogP contribution in [-0.2, 0) is 20.8 Å². The highest BCUT2D eigenvalue weighted by Gasteiger charge is 2.25. The van der Waals surface area contributed by atoms with Crippen LogP contribution in [0.2, 0.25) is 0 Å². The third-order valence-electron chi connectivity index (χ3n) is 3.27. The number of urea groups is 1. The monoisotopic (exact) mass is 353 g/mol. The number of amides is 2. The Labute approximate surface area is 142 Å². The summed E-state index contributed by atoms with van der Waals surface area (Å²) in [6, 6.07) is 2.64. The van der Waals surface area contributed by atoms with Crippen LogP contribution >= 0.6 is 0 Å². The van der Waals surface area contributed by atoms with E-state index in [4.69, 9.17) is 15.9 Å². The molecule has 7 N–H and O–H groups in total. The Hall–Kier alpha value is -3.30. The van der Waals surface area contributed by atoms with Crippen molar-refractivity contribution in [2.45, 2.75) is 31.3 Å². The zero-order valence-corrected chi connectivity index (χ0v) is 13.1. The fraction of sp³-hybridized carbons (Fsp3) is 0.333. The summed E-state index contributed by atoms with van der Waals surface area (Å²) in [6.45, 7) is 0. The van der Waals surface area contributed by atoms with Crippen molar-refractivity contribution in [3.05, 3.63) is 29.8 Å². The van der Waals surface area contributed by atoms with Crippen LogP contribution in [0.25, 0.3) is 0 Å². The minimum Gasteiger partial charge on any atom is -0.481 e. The lowest BCUT2D eigenvalue weighted by Crippen LogP contribution is -2.51. The van der Waals surface area contributed by atoms with Crippen LogP contribution in [0.4, 0.5) is 10.5 Å². The summed E-state index contributed by atoms with van der Waals surface area (Å²) in [5.41, 5.74) is 6.65. The molecule has 10 nitrogen and oxygen atoms in total. The number of nitrogen functional groups attached to an aromatic ring is 1. The highest BCUT2D eigenvalue weighted by atomic mass is 16.4. The smallest absolute Gasteiger partial charge is 0.326 e. The number of benzene rings is 1. The second kappa shape index (κ2) is 9.11. The molecule has 1 aromatic rings. The Bertz CT molecular complexity index is 645. The van der Waals surface area contributed by atoms with E-state index in [0.717, 1.165) is 0 Å². The molecule has 0 spiro atoms. The van der Waals surface area contributed by atoms with Crippen LogP contribution < -0.4 is 16.4 Å². The van der Waals surface area contributed by atoms with Gasteiger partial charge in [0.1, 0.15) is 12.1 Å². The van der Waals surface area contributed by atoms with E-state index in [1.54, 1.807) is 24.3 Å². The van der Waals surface area contributed by atoms with Crippen LogP contribution in [-0.4, -0.2) is 51.3 Å². The number of carboxylic acids is 3. The summed E-state index contributed by atoms with van der Waals surface area (Å²) in [6.07, 6.45) is -0.811. The molecular formula is C15H19N3O7. The summed E-state index contributed by atoms with van der Waals surface area (Å²) in [5, 5.41) is 31.0. The van der Waals surface area contributed by atoms with Crippen LogP contribution in [0.5, 0.6) is 0 Å². The molecular weight excluding hydrogens is 334 g/mol. The molecule has 0 saturated heterocycles. The summed E-state index contributed by atoms with van der Waals surface area (Å²) >= 11 is 0. The van der Waals surface area contributed by atoms with Crippen molar-refractivity contribution in [1.29, 1.82) is 0 Å². The lowest BCUT2D eigenvalue weighted by atomic mass is 10.1. The predicted molar refractivity (Wildman–Crippen MR) is 85.9 cm³/mol. The third kappa shape index (κ3) is 7.20. The van der Waals surface area contributed by atoms with Gasteiger partial charge in [-0.1, -0.05) is 12.1 Å². The van der Waals surface area contributed by atoms with E-state index < -0.39 is 42.4 Å². The molecule has 0 radical (unpaired) electrons. The molecule has 136 valence electrons. The molecule has 25 heavy (non-hydrogen) atoms. The van der Waals surface area contributed by atoms with Gasteiger partial charge in [-0.3, -0.25) is 4.79 Å². The van der Waals surface area contributed by atoms with Crippen LogP contribution in [0.1, 0.15) is 18.4 Å². The number of aliphatic carboxylic acids is 3. The number of nitrogens with two attached hydrogens (primary N) is 1. The van der Waals surface area contributed by atoms with Gasteiger partial charge < -0.3 is 31.7 Å². The minimum atomic E-state index is -1.44. The number of hydrogen-bond acceptors (Lipinski definition) is 5. The maximum atomic E-state index is 11.8. The fourth-order valence-electron chi connectivity index (χ4n) is 1.97. The molecule has 1 unspecified atom stereocenters. The fourth-order valence-corrected chi connectivity index (χ4v) is 1.97. The highest BCUT2D eigenvalue weighted by Crippen LogP contribution is 2.08. The zero-order valence-electron chi connectivity index (χ0n) is 13.1. The maximum Gasteiger partial charge on any atom is 0.326 e. The molecule has 0 fully saturated rings. The number of carboxylic acid groups (broad SMARTS) is 3.